The van der Waals surface area contributed by atoms with Crippen molar-refractivity contribution in [3.63, 3.8) is 0 Å². The van der Waals surface area contributed by atoms with Crippen LogP contribution in [0.3, 0.4) is 0 Å². The van der Waals surface area contributed by atoms with E-state index in [0.29, 0.717) is 12.8 Å². The summed E-state index contributed by atoms with van der Waals surface area (Å²) in [6.07, 6.45) is 7.72. The van der Waals surface area contributed by atoms with Crippen molar-refractivity contribution in [3.8, 4) is 0 Å². The van der Waals surface area contributed by atoms with Crippen LogP contribution in [0.4, 0.5) is 0 Å². The number of nitrogens with zero attached hydrogens (tertiary/aromatic N) is 1. The van der Waals surface area contributed by atoms with E-state index < -0.39 is 6.10 Å². The van der Waals surface area contributed by atoms with E-state index in [9.17, 15) is 9.90 Å². The molecule has 1 fully saturated rings. The highest BCUT2D eigenvalue weighted by Crippen LogP contribution is 2.21. The molecule has 1 amide bonds. The number of carbonyl (C=O) groups excluding carboxylic acids is 1. The maximum atomic E-state index is 12.1. The number of unbranched alkanes of at least 4 members (excludes halogenated alkanes) is 1. The van der Waals surface area contributed by atoms with Crippen molar-refractivity contribution >= 4 is 17.7 Å². The molecule has 0 spiro atoms. The Morgan fingerprint density at radius 2 is 2.15 bits per heavy atom. The summed E-state index contributed by atoms with van der Waals surface area (Å²) in [6.45, 7) is 3.03. The van der Waals surface area contributed by atoms with Crippen LogP contribution in [-0.2, 0) is 17.6 Å². The van der Waals surface area contributed by atoms with Crippen LogP contribution in [0.5, 0.6) is 0 Å². The average molecular weight is 382 g/mol. The summed E-state index contributed by atoms with van der Waals surface area (Å²) in [6, 6.07) is 3.94. The number of aryl methyl sites for hydroxylation is 1. The Morgan fingerprint density at radius 3 is 2.88 bits per heavy atom. The summed E-state index contributed by atoms with van der Waals surface area (Å²) in [5, 5.41) is 19.0. The molecule has 0 saturated carbocycles. The van der Waals surface area contributed by atoms with Crippen LogP contribution in [0.2, 0.25) is 0 Å². The van der Waals surface area contributed by atoms with Gasteiger partial charge in [-0.1, -0.05) is 19.1 Å². The normalized spacial score (nSPS) is 19.0. The van der Waals surface area contributed by atoms with Gasteiger partial charge in [0.25, 0.3) is 0 Å². The first-order valence-corrected chi connectivity index (χ1v) is 10.7. The van der Waals surface area contributed by atoms with Gasteiger partial charge in [0.05, 0.1) is 12.1 Å². The first-order chi connectivity index (χ1) is 12.6. The molecule has 2 rings (SSSR count). The van der Waals surface area contributed by atoms with E-state index in [1.807, 2.05) is 41.8 Å². The molecule has 26 heavy (non-hydrogen) atoms. The van der Waals surface area contributed by atoms with Gasteiger partial charge in [-0.15, -0.1) is 0 Å². The maximum absolute atomic E-state index is 12.1. The third-order valence-corrected chi connectivity index (χ3v) is 5.63. The van der Waals surface area contributed by atoms with Crippen molar-refractivity contribution in [2.75, 3.05) is 24.7 Å². The summed E-state index contributed by atoms with van der Waals surface area (Å²) < 4.78 is 5.63. The first-order valence-electron chi connectivity index (χ1n) is 9.56. The number of aliphatic hydroxyl groups is 2. The molecule has 1 aliphatic heterocycles. The van der Waals surface area contributed by atoms with Crippen LogP contribution >= 0.6 is 11.8 Å². The Kier molecular flexibility index (Phi) is 9.29. The Bertz CT molecular complexity index is 572. The fourth-order valence-electron chi connectivity index (χ4n) is 3.08. The largest absolute Gasteiger partial charge is 0.466 e. The standard InChI is InChI=1S/C20H31NO4S/c1-2-18-8-9-19(25-18)15-17(23)7-5-16-6-10-20(24)21(16)11-14-26-13-4-3-12-22/h5,7-9,16-17,22-23H,2-4,6,10-15H2,1H3/b7-5+/t16-,17+/m0/s1. The number of amides is 1. The predicted octanol–water partition coefficient (Wildman–Crippen LogP) is 2.80. The molecule has 1 aliphatic rings. The monoisotopic (exact) mass is 381 g/mol. The second kappa shape index (κ2) is 11.5. The van der Waals surface area contributed by atoms with Crippen molar-refractivity contribution in [1.82, 2.24) is 4.90 Å². The molecule has 0 bridgehead atoms. The van der Waals surface area contributed by atoms with Gasteiger partial charge in [0.15, 0.2) is 0 Å². The number of furan rings is 1. The maximum Gasteiger partial charge on any atom is 0.223 e. The molecule has 5 nitrogen and oxygen atoms in total. The van der Waals surface area contributed by atoms with E-state index in [4.69, 9.17) is 9.52 Å². The molecule has 2 N–H and O–H groups in total. The highest BCUT2D eigenvalue weighted by atomic mass is 32.2. The van der Waals surface area contributed by atoms with Crippen molar-refractivity contribution in [1.29, 1.82) is 0 Å². The lowest BCUT2D eigenvalue weighted by Crippen LogP contribution is -2.34. The van der Waals surface area contributed by atoms with Crippen LogP contribution in [0.15, 0.2) is 28.7 Å². The zero-order chi connectivity index (χ0) is 18.8. The molecule has 6 heteroatoms. The Hall–Kier alpha value is -1.24. The molecule has 0 unspecified atom stereocenters. The SMILES string of the molecule is CCc1ccc(C[C@H](O)/C=C/[C@H]2CCC(=O)N2CCSCCCCO)o1. The Balaban J connectivity index is 1.76. The molecular weight excluding hydrogens is 350 g/mol. The summed E-state index contributed by atoms with van der Waals surface area (Å²) >= 11 is 1.82. The number of carbonyl (C=O) groups is 1. The van der Waals surface area contributed by atoms with Crippen molar-refractivity contribution < 1.29 is 19.4 Å². The molecular formula is C20H31NO4S. The molecule has 2 atom stereocenters. The van der Waals surface area contributed by atoms with Crippen molar-refractivity contribution in [3.05, 3.63) is 35.8 Å². The molecule has 0 aromatic carbocycles. The smallest absolute Gasteiger partial charge is 0.223 e. The van der Waals surface area contributed by atoms with Gasteiger partial charge >= 0.3 is 0 Å². The third kappa shape index (κ3) is 6.82. The van der Waals surface area contributed by atoms with Crippen molar-refractivity contribution in [2.24, 2.45) is 0 Å². The van der Waals surface area contributed by atoms with Gasteiger partial charge in [0, 0.05) is 38.2 Å². The average Bonchev–Trinajstić information content (AvgIpc) is 3.23. The van der Waals surface area contributed by atoms with Crippen LogP contribution in [-0.4, -0.2) is 57.8 Å². The number of rotatable bonds is 12. The zero-order valence-electron chi connectivity index (χ0n) is 15.6. The van der Waals surface area contributed by atoms with Gasteiger partial charge in [-0.05, 0) is 37.1 Å². The molecule has 0 radical (unpaired) electrons. The second-order valence-corrected chi connectivity index (χ2v) is 7.84. The van der Waals surface area contributed by atoms with Crippen LogP contribution in [0.1, 0.15) is 44.1 Å². The Labute approximate surface area is 160 Å². The fraction of sp³-hybridized carbons (Fsp3) is 0.650. The van der Waals surface area contributed by atoms with Crippen LogP contribution in [0, 0.1) is 0 Å². The molecule has 0 aliphatic carbocycles. The minimum atomic E-state index is -0.601. The summed E-state index contributed by atoms with van der Waals surface area (Å²) in [5.41, 5.74) is 0. The minimum Gasteiger partial charge on any atom is -0.466 e. The number of likely N-dealkylation sites (tertiary alicyclic amines) is 1. The lowest BCUT2D eigenvalue weighted by molar-refractivity contribution is -0.128. The van der Waals surface area contributed by atoms with Crippen LogP contribution < -0.4 is 0 Å². The van der Waals surface area contributed by atoms with Gasteiger partial charge in [-0.2, -0.15) is 11.8 Å². The van der Waals surface area contributed by atoms with E-state index >= 15 is 0 Å². The van der Waals surface area contributed by atoms with E-state index in [2.05, 4.69) is 0 Å². The number of hydrogen-bond acceptors (Lipinski definition) is 5. The van der Waals surface area contributed by atoms with E-state index in [-0.39, 0.29) is 18.6 Å². The molecule has 1 aromatic heterocycles. The topological polar surface area (TPSA) is 73.9 Å². The quantitative estimate of drug-likeness (QED) is 0.430. The second-order valence-electron chi connectivity index (χ2n) is 6.61. The van der Waals surface area contributed by atoms with Crippen molar-refractivity contribution in [2.45, 2.75) is 57.6 Å². The highest BCUT2D eigenvalue weighted by Gasteiger charge is 2.28. The van der Waals surface area contributed by atoms with Gasteiger partial charge in [0.1, 0.15) is 11.5 Å². The van der Waals surface area contributed by atoms with E-state index in [1.54, 1.807) is 6.08 Å². The summed E-state index contributed by atoms with van der Waals surface area (Å²) in [4.78, 5) is 14.0. The van der Waals surface area contributed by atoms with Gasteiger partial charge in [0.2, 0.25) is 5.91 Å². The Morgan fingerprint density at radius 1 is 1.35 bits per heavy atom. The summed E-state index contributed by atoms with van der Waals surface area (Å²) in [7, 11) is 0. The fourth-order valence-corrected chi connectivity index (χ4v) is 4.02. The molecule has 2 heterocycles. The molecule has 146 valence electrons. The van der Waals surface area contributed by atoms with E-state index in [0.717, 1.165) is 55.3 Å². The first kappa shape index (κ1) is 21.1. The summed E-state index contributed by atoms with van der Waals surface area (Å²) in [5.74, 6) is 3.85. The molecule has 1 aromatic rings. The highest BCUT2D eigenvalue weighted by molar-refractivity contribution is 7.99. The number of thioether (sulfide) groups is 1. The lowest BCUT2D eigenvalue weighted by atomic mass is 10.1. The van der Waals surface area contributed by atoms with E-state index in [1.165, 1.54) is 0 Å². The zero-order valence-corrected chi connectivity index (χ0v) is 16.4. The van der Waals surface area contributed by atoms with Gasteiger partial charge < -0.3 is 19.5 Å². The van der Waals surface area contributed by atoms with Gasteiger partial charge in [-0.3, -0.25) is 4.79 Å². The lowest BCUT2D eigenvalue weighted by Gasteiger charge is -2.22. The minimum absolute atomic E-state index is 0.0815. The van der Waals surface area contributed by atoms with Crippen LogP contribution in [0.25, 0.3) is 0 Å². The number of hydrogen-bond donors (Lipinski definition) is 2. The van der Waals surface area contributed by atoms with Gasteiger partial charge in [-0.25, -0.2) is 0 Å². The molecule has 1 saturated heterocycles. The predicted molar refractivity (Wildman–Crippen MR) is 105 cm³/mol. The number of aliphatic hydroxyl groups excluding tert-OH is 2. The third-order valence-electron chi connectivity index (χ3n) is 4.58.